The Morgan fingerprint density at radius 3 is 2.83 bits per heavy atom. The predicted molar refractivity (Wildman–Crippen MR) is 46.1 cm³/mol. The van der Waals surface area contributed by atoms with Gasteiger partial charge in [-0.3, -0.25) is 0 Å². The smallest absolute Gasteiger partial charge is 0.113 e. The van der Waals surface area contributed by atoms with Crippen molar-refractivity contribution in [1.29, 1.82) is 0 Å². The summed E-state index contributed by atoms with van der Waals surface area (Å²) in [6.07, 6.45) is 1.60. The van der Waals surface area contributed by atoms with Crippen molar-refractivity contribution in [1.82, 2.24) is 4.98 Å². The Labute approximate surface area is 71.2 Å². The molecule has 3 N–H and O–H groups in total. The Balaban J connectivity index is 2.78. The van der Waals surface area contributed by atoms with Crippen LogP contribution in [0.25, 0.3) is 0 Å². The van der Waals surface area contributed by atoms with Gasteiger partial charge >= 0.3 is 0 Å². The molecule has 0 radical (unpaired) electrons. The summed E-state index contributed by atoms with van der Waals surface area (Å²) in [5, 5.41) is 8.71. The van der Waals surface area contributed by atoms with E-state index in [1.165, 1.54) is 0 Å². The van der Waals surface area contributed by atoms with Crippen LogP contribution in [0.1, 0.15) is 11.3 Å². The highest BCUT2D eigenvalue weighted by atomic mass is 16.3. The minimum absolute atomic E-state index is 0.0115. The van der Waals surface area contributed by atoms with E-state index in [1.54, 1.807) is 18.3 Å². The molecular formula is C9H10N2O. The fourth-order valence-electron chi connectivity index (χ4n) is 0.734. The fourth-order valence-corrected chi connectivity index (χ4v) is 0.734. The van der Waals surface area contributed by atoms with Crippen molar-refractivity contribution in [3.63, 3.8) is 0 Å². The van der Waals surface area contributed by atoms with E-state index in [1.807, 2.05) is 0 Å². The van der Waals surface area contributed by atoms with Gasteiger partial charge in [0.25, 0.3) is 0 Å². The minimum atomic E-state index is 0.0115. The maximum absolute atomic E-state index is 8.71. The third kappa shape index (κ3) is 2.35. The van der Waals surface area contributed by atoms with Gasteiger partial charge in [0.15, 0.2) is 0 Å². The zero-order valence-electron chi connectivity index (χ0n) is 6.62. The number of hydrogen-bond donors (Lipinski definition) is 2. The van der Waals surface area contributed by atoms with Crippen LogP contribution in [0.4, 0.5) is 0 Å². The Morgan fingerprint density at radius 2 is 2.33 bits per heavy atom. The summed E-state index contributed by atoms with van der Waals surface area (Å²) in [7, 11) is 0. The van der Waals surface area contributed by atoms with Crippen molar-refractivity contribution >= 4 is 0 Å². The first-order chi connectivity index (χ1) is 5.86. The predicted octanol–water partition coefficient (Wildman–Crippen LogP) is -0.116. The first-order valence-corrected chi connectivity index (χ1v) is 3.61. The molecule has 0 bridgehead atoms. The third-order valence-electron chi connectivity index (χ3n) is 1.33. The van der Waals surface area contributed by atoms with Gasteiger partial charge in [0.1, 0.15) is 5.69 Å². The first-order valence-electron chi connectivity index (χ1n) is 3.61. The van der Waals surface area contributed by atoms with E-state index in [9.17, 15) is 0 Å². The molecule has 0 aliphatic carbocycles. The summed E-state index contributed by atoms with van der Waals surface area (Å²) in [6, 6.07) is 3.54. The van der Waals surface area contributed by atoms with Gasteiger partial charge in [0, 0.05) is 6.20 Å². The molecule has 0 unspecified atom stereocenters. The maximum atomic E-state index is 8.71. The molecule has 62 valence electrons. The lowest BCUT2D eigenvalue weighted by atomic mass is 10.2. The second-order valence-corrected chi connectivity index (χ2v) is 2.22. The number of hydrogen-bond acceptors (Lipinski definition) is 3. The average Bonchev–Trinajstić information content (AvgIpc) is 2.15. The Kier molecular flexibility index (Phi) is 3.27. The minimum Gasteiger partial charge on any atom is -0.392 e. The van der Waals surface area contributed by atoms with Crippen LogP contribution < -0.4 is 5.73 Å². The van der Waals surface area contributed by atoms with Gasteiger partial charge in [-0.25, -0.2) is 4.98 Å². The topological polar surface area (TPSA) is 59.1 Å². The van der Waals surface area contributed by atoms with Crippen LogP contribution in [0, 0.1) is 11.8 Å². The summed E-state index contributed by atoms with van der Waals surface area (Å²) in [4.78, 5) is 4.00. The molecule has 1 heterocycles. The van der Waals surface area contributed by atoms with E-state index in [0.29, 0.717) is 12.2 Å². The molecule has 0 aromatic carbocycles. The van der Waals surface area contributed by atoms with Gasteiger partial charge in [-0.05, 0) is 17.6 Å². The first kappa shape index (κ1) is 8.72. The molecule has 0 spiro atoms. The van der Waals surface area contributed by atoms with Crippen molar-refractivity contribution in [2.24, 2.45) is 5.73 Å². The van der Waals surface area contributed by atoms with Crippen LogP contribution in [0.5, 0.6) is 0 Å². The van der Waals surface area contributed by atoms with Crippen LogP contribution in [-0.2, 0) is 6.61 Å². The largest absolute Gasteiger partial charge is 0.392 e. The SMILES string of the molecule is NCC#Cc1ccc(CO)cn1. The van der Waals surface area contributed by atoms with Crippen LogP contribution in [-0.4, -0.2) is 16.6 Å². The van der Waals surface area contributed by atoms with Crippen molar-refractivity contribution in [2.75, 3.05) is 6.54 Å². The monoisotopic (exact) mass is 162 g/mol. The second-order valence-electron chi connectivity index (χ2n) is 2.22. The van der Waals surface area contributed by atoms with Gasteiger partial charge in [0.2, 0.25) is 0 Å². The zero-order chi connectivity index (χ0) is 8.81. The lowest BCUT2D eigenvalue weighted by Gasteiger charge is -1.93. The molecule has 3 nitrogen and oxygen atoms in total. The van der Waals surface area contributed by atoms with Gasteiger partial charge in [-0.2, -0.15) is 0 Å². The van der Waals surface area contributed by atoms with E-state index in [4.69, 9.17) is 10.8 Å². The summed E-state index contributed by atoms with van der Waals surface area (Å²) < 4.78 is 0. The van der Waals surface area contributed by atoms with Crippen LogP contribution in [0.15, 0.2) is 18.3 Å². The molecule has 12 heavy (non-hydrogen) atoms. The van der Waals surface area contributed by atoms with E-state index in [2.05, 4.69) is 16.8 Å². The molecule has 1 aromatic heterocycles. The van der Waals surface area contributed by atoms with Gasteiger partial charge < -0.3 is 10.8 Å². The zero-order valence-corrected chi connectivity index (χ0v) is 6.62. The molecule has 0 atom stereocenters. The van der Waals surface area contributed by atoms with E-state index < -0.39 is 0 Å². The molecule has 3 heteroatoms. The van der Waals surface area contributed by atoms with Crippen LogP contribution >= 0.6 is 0 Å². The number of nitrogens with two attached hydrogens (primary N) is 1. The molecule has 1 rings (SSSR count). The maximum Gasteiger partial charge on any atom is 0.113 e. The summed E-state index contributed by atoms with van der Waals surface area (Å²) in [6.45, 7) is 0.348. The van der Waals surface area contributed by atoms with Crippen molar-refractivity contribution in [2.45, 2.75) is 6.61 Å². The van der Waals surface area contributed by atoms with Crippen molar-refractivity contribution < 1.29 is 5.11 Å². The Morgan fingerprint density at radius 1 is 1.50 bits per heavy atom. The summed E-state index contributed by atoms with van der Waals surface area (Å²) in [5.74, 6) is 5.48. The number of rotatable bonds is 1. The molecule has 0 fully saturated rings. The highest BCUT2D eigenvalue weighted by Gasteiger charge is 1.89. The number of aromatic nitrogens is 1. The normalized spacial score (nSPS) is 8.83. The lowest BCUT2D eigenvalue weighted by Crippen LogP contribution is -1.94. The number of aliphatic hydroxyl groups excluding tert-OH is 1. The molecule has 1 aromatic rings. The number of pyridine rings is 1. The Hall–Kier alpha value is -1.37. The summed E-state index contributed by atoms with van der Waals surface area (Å²) >= 11 is 0. The van der Waals surface area contributed by atoms with E-state index in [-0.39, 0.29) is 6.61 Å². The molecule has 0 aliphatic rings. The Bertz CT molecular complexity index is 295. The quantitative estimate of drug-likeness (QED) is 0.566. The van der Waals surface area contributed by atoms with Crippen LogP contribution in [0.2, 0.25) is 0 Å². The molecule has 0 saturated heterocycles. The summed E-state index contributed by atoms with van der Waals surface area (Å²) in [5.41, 5.74) is 6.65. The fraction of sp³-hybridized carbons (Fsp3) is 0.222. The van der Waals surface area contributed by atoms with Gasteiger partial charge in [0.05, 0.1) is 13.2 Å². The van der Waals surface area contributed by atoms with Crippen molar-refractivity contribution in [3.05, 3.63) is 29.6 Å². The van der Waals surface area contributed by atoms with Crippen molar-refractivity contribution in [3.8, 4) is 11.8 Å². The van der Waals surface area contributed by atoms with E-state index >= 15 is 0 Å². The number of aliphatic hydroxyl groups is 1. The lowest BCUT2D eigenvalue weighted by molar-refractivity contribution is 0.281. The molecule has 0 amide bonds. The van der Waals surface area contributed by atoms with Crippen LogP contribution in [0.3, 0.4) is 0 Å². The standard InChI is InChI=1S/C9H10N2O/c10-5-1-2-9-4-3-8(7-12)6-11-9/h3-4,6,12H,5,7,10H2. The number of nitrogens with zero attached hydrogens (tertiary/aromatic N) is 1. The van der Waals surface area contributed by atoms with Gasteiger partial charge in [-0.15, -0.1) is 0 Å². The molecule has 0 saturated carbocycles. The van der Waals surface area contributed by atoms with E-state index in [0.717, 1.165) is 5.56 Å². The molecule has 0 aliphatic heterocycles. The second kappa shape index (κ2) is 4.50. The highest BCUT2D eigenvalue weighted by Crippen LogP contribution is 1.97. The molecular weight excluding hydrogens is 152 g/mol. The average molecular weight is 162 g/mol. The highest BCUT2D eigenvalue weighted by molar-refractivity contribution is 5.28. The third-order valence-corrected chi connectivity index (χ3v) is 1.33. The van der Waals surface area contributed by atoms with Gasteiger partial charge in [-0.1, -0.05) is 12.0 Å².